The molecule has 0 bridgehead atoms. The van der Waals surface area contributed by atoms with Crippen LogP contribution in [0, 0.1) is 0 Å². The van der Waals surface area contributed by atoms with E-state index in [9.17, 15) is 24.7 Å². The molecule has 0 heterocycles. The molecule has 0 aliphatic carbocycles. The highest BCUT2D eigenvalue weighted by molar-refractivity contribution is 8.54. The van der Waals surface area contributed by atoms with Crippen LogP contribution in [0.4, 0.5) is 0 Å². The van der Waals surface area contributed by atoms with Crippen molar-refractivity contribution in [3.8, 4) is 17.2 Å². The number of carbonyl (C=O) groups excluding carboxylic acids is 1. The zero-order valence-electron chi connectivity index (χ0n) is 12.3. The average Bonchev–Trinajstić information content (AvgIpc) is 2.42. The second-order valence-electron chi connectivity index (χ2n) is 5.01. The van der Waals surface area contributed by atoms with Crippen LogP contribution in [0.1, 0.15) is 22.3 Å². The van der Waals surface area contributed by atoms with Crippen LogP contribution in [0.25, 0.3) is 0 Å². The third kappa shape index (κ3) is 5.01. The number of phenols is 3. The predicted molar refractivity (Wildman–Crippen MR) is 88.4 cm³/mol. The molecule has 0 aliphatic rings. The molecule has 5 N–H and O–H groups in total. The Labute approximate surface area is 141 Å². The molecule has 9 heteroatoms. The SMILES string of the molecule is O=C(CCc1cccc(O)c1)c1c(O)cc(O)cc1SP(=O)(O)O. The maximum Gasteiger partial charge on any atom is 0.388 e. The van der Waals surface area contributed by atoms with E-state index in [0.717, 1.165) is 12.1 Å². The Morgan fingerprint density at radius 1 is 1.04 bits per heavy atom. The third-order valence-corrected chi connectivity index (χ3v) is 5.17. The number of carbonyl (C=O) groups is 1. The first-order valence-corrected chi connectivity index (χ1v) is 9.81. The van der Waals surface area contributed by atoms with Crippen LogP contribution in [-0.2, 0) is 11.0 Å². The molecule has 0 unspecified atom stereocenters. The monoisotopic (exact) mass is 370 g/mol. The van der Waals surface area contributed by atoms with Gasteiger partial charge < -0.3 is 25.1 Å². The van der Waals surface area contributed by atoms with E-state index in [1.807, 2.05) is 0 Å². The maximum absolute atomic E-state index is 12.4. The van der Waals surface area contributed by atoms with Crippen molar-refractivity contribution in [2.24, 2.45) is 0 Å². The van der Waals surface area contributed by atoms with Gasteiger partial charge in [-0.1, -0.05) is 12.1 Å². The van der Waals surface area contributed by atoms with Gasteiger partial charge in [-0.2, -0.15) is 0 Å². The number of benzene rings is 2. The summed E-state index contributed by atoms with van der Waals surface area (Å²) in [5.41, 5.74) is 0.451. The molecule has 0 aliphatic heterocycles. The molecule has 7 nitrogen and oxygen atoms in total. The van der Waals surface area contributed by atoms with E-state index in [1.54, 1.807) is 12.1 Å². The Hall–Kier alpha value is -1.99. The Balaban J connectivity index is 2.26. The lowest BCUT2D eigenvalue weighted by Crippen LogP contribution is -2.04. The first-order chi connectivity index (χ1) is 11.2. The van der Waals surface area contributed by atoms with Crippen molar-refractivity contribution >= 4 is 24.0 Å². The molecule has 0 atom stereocenters. The highest BCUT2D eigenvalue weighted by atomic mass is 32.7. The first kappa shape index (κ1) is 18.4. The minimum atomic E-state index is -4.57. The molecule has 2 aromatic carbocycles. The lowest BCUT2D eigenvalue weighted by Gasteiger charge is -2.12. The molecule has 0 fully saturated rings. The van der Waals surface area contributed by atoms with Gasteiger partial charge >= 0.3 is 6.80 Å². The van der Waals surface area contributed by atoms with Crippen LogP contribution < -0.4 is 0 Å². The molecular weight excluding hydrogens is 355 g/mol. The number of ketones is 1. The average molecular weight is 370 g/mol. The van der Waals surface area contributed by atoms with Gasteiger partial charge in [-0.25, -0.2) is 4.57 Å². The van der Waals surface area contributed by atoms with Gasteiger partial charge in [-0.05, 0) is 41.6 Å². The molecule has 0 amide bonds. The van der Waals surface area contributed by atoms with Crippen molar-refractivity contribution in [3.05, 3.63) is 47.5 Å². The predicted octanol–water partition coefficient (Wildman–Crippen LogP) is 2.80. The quantitative estimate of drug-likeness (QED) is 0.387. The minimum Gasteiger partial charge on any atom is -0.508 e. The van der Waals surface area contributed by atoms with Crippen molar-refractivity contribution in [1.82, 2.24) is 0 Å². The Morgan fingerprint density at radius 2 is 1.75 bits per heavy atom. The molecule has 0 spiro atoms. The summed E-state index contributed by atoms with van der Waals surface area (Å²) in [5, 5.41) is 28.8. The summed E-state index contributed by atoms with van der Waals surface area (Å²) in [5.74, 6) is -1.43. The summed E-state index contributed by atoms with van der Waals surface area (Å²) in [4.78, 5) is 30.3. The van der Waals surface area contributed by atoms with E-state index < -0.39 is 24.1 Å². The fraction of sp³-hybridized carbons (Fsp3) is 0.133. The van der Waals surface area contributed by atoms with Gasteiger partial charge in [0.1, 0.15) is 17.2 Å². The second kappa shape index (κ2) is 7.27. The molecule has 2 rings (SSSR count). The normalized spacial score (nSPS) is 11.4. The van der Waals surface area contributed by atoms with E-state index in [0.29, 0.717) is 5.56 Å². The van der Waals surface area contributed by atoms with Gasteiger partial charge in [-0.15, -0.1) is 0 Å². The molecule has 24 heavy (non-hydrogen) atoms. The third-order valence-electron chi connectivity index (χ3n) is 3.11. The number of hydrogen-bond donors (Lipinski definition) is 5. The van der Waals surface area contributed by atoms with E-state index >= 15 is 0 Å². The van der Waals surface area contributed by atoms with Crippen LogP contribution in [0.5, 0.6) is 17.2 Å². The van der Waals surface area contributed by atoms with Gasteiger partial charge in [0.25, 0.3) is 0 Å². The lowest BCUT2D eigenvalue weighted by molar-refractivity contribution is 0.0977. The summed E-state index contributed by atoms with van der Waals surface area (Å²) in [6.45, 7) is -4.57. The second-order valence-corrected chi connectivity index (χ2v) is 8.59. The topological polar surface area (TPSA) is 135 Å². The lowest BCUT2D eigenvalue weighted by atomic mass is 10.0. The molecule has 0 aromatic heterocycles. The number of phenolic OH excluding ortho intramolecular Hbond substituents is 3. The van der Waals surface area contributed by atoms with Crippen LogP contribution in [0.3, 0.4) is 0 Å². The number of hydrogen-bond acceptors (Lipinski definition) is 6. The van der Waals surface area contributed by atoms with E-state index in [-0.39, 0.29) is 40.4 Å². The van der Waals surface area contributed by atoms with Crippen LogP contribution in [0.2, 0.25) is 0 Å². The fourth-order valence-electron chi connectivity index (χ4n) is 2.16. The zero-order chi connectivity index (χ0) is 17.9. The van der Waals surface area contributed by atoms with Crippen molar-refractivity contribution in [3.63, 3.8) is 0 Å². The summed E-state index contributed by atoms with van der Waals surface area (Å²) in [6.07, 6.45) is 0.226. The largest absolute Gasteiger partial charge is 0.508 e. The Morgan fingerprint density at radius 3 is 2.38 bits per heavy atom. The maximum atomic E-state index is 12.4. The Bertz CT molecular complexity index is 815. The summed E-state index contributed by atoms with van der Waals surface area (Å²) < 4.78 is 11.2. The van der Waals surface area contributed by atoms with Crippen LogP contribution in [0.15, 0.2) is 41.3 Å². The van der Waals surface area contributed by atoms with E-state index in [1.165, 1.54) is 12.1 Å². The molecule has 0 radical (unpaired) electrons. The summed E-state index contributed by atoms with van der Waals surface area (Å²) in [6, 6.07) is 8.29. The summed E-state index contributed by atoms with van der Waals surface area (Å²) in [7, 11) is 0. The molecular formula is C15H15O7PS. The van der Waals surface area contributed by atoms with Gasteiger partial charge in [0, 0.05) is 17.4 Å². The van der Waals surface area contributed by atoms with Crippen LogP contribution in [-0.4, -0.2) is 30.9 Å². The Kier molecular flexibility index (Phi) is 5.56. The van der Waals surface area contributed by atoms with Crippen molar-refractivity contribution in [1.29, 1.82) is 0 Å². The molecule has 0 saturated heterocycles. The van der Waals surface area contributed by atoms with Gasteiger partial charge in [0.15, 0.2) is 5.78 Å². The number of aromatic hydroxyl groups is 3. The molecule has 0 saturated carbocycles. The van der Waals surface area contributed by atoms with E-state index in [4.69, 9.17) is 9.79 Å². The zero-order valence-corrected chi connectivity index (χ0v) is 14.0. The smallest absolute Gasteiger partial charge is 0.388 e. The number of aryl methyl sites for hydroxylation is 1. The minimum absolute atomic E-state index is 0.0451. The van der Waals surface area contributed by atoms with Crippen molar-refractivity contribution < 1.29 is 34.5 Å². The van der Waals surface area contributed by atoms with Gasteiger partial charge in [0.2, 0.25) is 0 Å². The highest BCUT2D eigenvalue weighted by Gasteiger charge is 2.24. The molecule has 128 valence electrons. The van der Waals surface area contributed by atoms with Crippen molar-refractivity contribution in [2.45, 2.75) is 17.7 Å². The van der Waals surface area contributed by atoms with Crippen molar-refractivity contribution in [2.75, 3.05) is 0 Å². The van der Waals surface area contributed by atoms with Gasteiger partial charge in [0.05, 0.1) is 5.56 Å². The fourth-order valence-corrected chi connectivity index (χ4v) is 4.10. The number of Topliss-reactive ketones (excluding diaryl/α,β-unsaturated/α-hetero) is 1. The van der Waals surface area contributed by atoms with Gasteiger partial charge in [-0.3, -0.25) is 4.79 Å². The number of rotatable bonds is 6. The molecule has 2 aromatic rings. The standard InChI is InChI=1S/C15H15O7PS/c16-10-3-1-2-9(6-10)4-5-12(18)15-13(19)7-11(17)8-14(15)24-23(20,21)22/h1-3,6-8,16-17,19H,4-5H2,(H2,20,21,22). The van der Waals surface area contributed by atoms with Crippen LogP contribution >= 0.6 is 18.2 Å². The first-order valence-electron chi connectivity index (χ1n) is 6.78. The van der Waals surface area contributed by atoms with E-state index in [2.05, 4.69) is 0 Å². The summed E-state index contributed by atoms with van der Waals surface area (Å²) >= 11 is 0.0940. The highest BCUT2D eigenvalue weighted by Crippen LogP contribution is 2.56.